The fourth-order valence-corrected chi connectivity index (χ4v) is 1.44. The Morgan fingerprint density at radius 3 is 2.77 bits per heavy atom. The standard InChI is InChI=1S/C9H11BrFNO/c10-7-5-6(1-2-8(7)11)9(13)3-4-12/h1-2,5,9,13H,3-4,12H2. The van der Waals surface area contributed by atoms with Gasteiger partial charge in [0.15, 0.2) is 0 Å². The van der Waals surface area contributed by atoms with Crippen LogP contribution in [0.15, 0.2) is 22.7 Å². The summed E-state index contributed by atoms with van der Waals surface area (Å²) in [6.07, 6.45) is -0.125. The van der Waals surface area contributed by atoms with E-state index in [0.29, 0.717) is 23.0 Å². The molecule has 1 rings (SSSR count). The molecule has 3 N–H and O–H groups in total. The van der Waals surface area contributed by atoms with E-state index in [1.54, 1.807) is 12.1 Å². The highest BCUT2D eigenvalue weighted by Crippen LogP contribution is 2.22. The first-order valence-corrected chi connectivity index (χ1v) is 4.77. The summed E-state index contributed by atoms with van der Waals surface area (Å²) in [7, 11) is 0. The van der Waals surface area contributed by atoms with Gasteiger partial charge >= 0.3 is 0 Å². The molecule has 0 aromatic heterocycles. The highest BCUT2D eigenvalue weighted by atomic mass is 79.9. The number of nitrogens with two attached hydrogens (primary N) is 1. The van der Waals surface area contributed by atoms with Gasteiger partial charge in [-0.2, -0.15) is 0 Å². The van der Waals surface area contributed by atoms with E-state index in [9.17, 15) is 9.50 Å². The van der Waals surface area contributed by atoms with E-state index < -0.39 is 6.10 Å². The zero-order valence-electron chi connectivity index (χ0n) is 7.00. The lowest BCUT2D eigenvalue weighted by atomic mass is 10.1. The summed E-state index contributed by atoms with van der Waals surface area (Å²) in [4.78, 5) is 0. The molecule has 0 aliphatic heterocycles. The Balaban J connectivity index is 2.84. The van der Waals surface area contributed by atoms with E-state index in [1.807, 2.05) is 0 Å². The molecular formula is C9H11BrFNO. The molecule has 0 radical (unpaired) electrons. The van der Waals surface area contributed by atoms with Crippen LogP contribution in [0.5, 0.6) is 0 Å². The van der Waals surface area contributed by atoms with Crippen molar-refractivity contribution in [1.29, 1.82) is 0 Å². The zero-order chi connectivity index (χ0) is 9.84. The molecule has 1 atom stereocenters. The van der Waals surface area contributed by atoms with Crippen LogP contribution in [-0.2, 0) is 0 Å². The highest BCUT2D eigenvalue weighted by Gasteiger charge is 2.08. The predicted molar refractivity (Wildman–Crippen MR) is 52.7 cm³/mol. The van der Waals surface area contributed by atoms with Gasteiger partial charge in [-0.1, -0.05) is 6.07 Å². The van der Waals surface area contributed by atoms with E-state index in [1.165, 1.54) is 6.07 Å². The van der Waals surface area contributed by atoms with Crippen molar-refractivity contribution in [2.45, 2.75) is 12.5 Å². The van der Waals surface area contributed by atoms with Gasteiger partial charge in [-0.3, -0.25) is 0 Å². The molecule has 4 heteroatoms. The Bertz CT molecular complexity index is 293. The first-order chi connectivity index (χ1) is 6.15. The summed E-state index contributed by atoms with van der Waals surface area (Å²) >= 11 is 3.05. The molecule has 0 fully saturated rings. The lowest BCUT2D eigenvalue weighted by molar-refractivity contribution is 0.170. The Morgan fingerprint density at radius 1 is 1.54 bits per heavy atom. The van der Waals surface area contributed by atoms with Crippen LogP contribution in [0.1, 0.15) is 18.1 Å². The number of halogens is 2. The fraction of sp³-hybridized carbons (Fsp3) is 0.333. The third kappa shape index (κ3) is 2.76. The minimum absolute atomic E-state index is 0.330. The van der Waals surface area contributed by atoms with Crippen LogP contribution in [0.25, 0.3) is 0 Å². The van der Waals surface area contributed by atoms with Crippen LogP contribution in [0, 0.1) is 5.82 Å². The number of hydrogen-bond acceptors (Lipinski definition) is 2. The molecule has 2 nitrogen and oxygen atoms in total. The summed E-state index contributed by atoms with van der Waals surface area (Å²) in [5, 5.41) is 9.51. The quantitative estimate of drug-likeness (QED) is 0.858. The maximum atomic E-state index is 12.8. The van der Waals surface area contributed by atoms with Crippen LogP contribution in [0.2, 0.25) is 0 Å². The summed E-state index contributed by atoms with van der Waals surface area (Å²) < 4.78 is 13.2. The molecule has 0 aliphatic rings. The molecular weight excluding hydrogens is 237 g/mol. The van der Waals surface area contributed by atoms with Gasteiger partial charge in [-0.15, -0.1) is 0 Å². The van der Waals surface area contributed by atoms with Crippen LogP contribution >= 0.6 is 15.9 Å². The fourth-order valence-electron chi connectivity index (χ4n) is 1.04. The van der Waals surface area contributed by atoms with Gasteiger partial charge in [0.05, 0.1) is 10.6 Å². The Morgan fingerprint density at radius 2 is 2.23 bits per heavy atom. The Labute approximate surface area is 84.7 Å². The molecule has 13 heavy (non-hydrogen) atoms. The highest BCUT2D eigenvalue weighted by molar-refractivity contribution is 9.10. The summed E-state index contributed by atoms with van der Waals surface area (Å²) in [5.41, 5.74) is 5.97. The zero-order valence-corrected chi connectivity index (χ0v) is 8.59. The average molecular weight is 248 g/mol. The van der Waals surface area contributed by atoms with E-state index in [4.69, 9.17) is 5.73 Å². The molecule has 0 saturated heterocycles. The Kier molecular flexibility index (Phi) is 3.84. The van der Waals surface area contributed by atoms with Crippen LogP contribution in [0.4, 0.5) is 4.39 Å². The molecule has 1 aromatic rings. The first kappa shape index (κ1) is 10.6. The molecule has 0 amide bonds. The number of aliphatic hydroxyl groups excluding tert-OH is 1. The van der Waals surface area contributed by atoms with Crippen molar-refractivity contribution >= 4 is 15.9 Å². The molecule has 0 aliphatic carbocycles. The summed E-state index contributed by atoms with van der Waals surface area (Å²) in [5.74, 6) is -0.330. The largest absolute Gasteiger partial charge is 0.388 e. The maximum Gasteiger partial charge on any atom is 0.137 e. The summed E-state index contributed by atoms with van der Waals surface area (Å²) in [6, 6.07) is 4.44. The van der Waals surface area contributed by atoms with Gasteiger partial charge < -0.3 is 10.8 Å². The van der Waals surface area contributed by atoms with E-state index in [2.05, 4.69) is 15.9 Å². The molecule has 0 heterocycles. The van der Waals surface area contributed by atoms with Gasteiger partial charge in [0, 0.05) is 0 Å². The second-order valence-corrected chi connectivity index (χ2v) is 3.62. The lowest BCUT2D eigenvalue weighted by Crippen LogP contribution is -2.06. The van der Waals surface area contributed by atoms with Gasteiger partial charge in [-0.05, 0) is 46.6 Å². The molecule has 0 bridgehead atoms. The van der Waals surface area contributed by atoms with E-state index >= 15 is 0 Å². The normalized spacial score (nSPS) is 12.9. The summed E-state index contributed by atoms with van der Waals surface area (Å²) in [6.45, 7) is 0.413. The van der Waals surface area contributed by atoms with Gasteiger partial charge in [0.2, 0.25) is 0 Å². The maximum absolute atomic E-state index is 12.8. The van der Waals surface area contributed by atoms with E-state index in [-0.39, 0.29) is 5.82 Å². The number of benzene rings is 1. The van der Waals surface area contributed by atoms with Gasteiger partial charge in [0.1, 0.15) is 5.82 Å². The number of rotatable bonds is 3. The third-order valence-corrected chi connectivity index (χ3v) is 2.38. The van der Waals surface area contributed by atoms with Crippen LogP contribution < -0.4 is 5.73 Å². The molecule has 1 aromatic carbocycles. The SMILES string of the molecule is NCCC(O)c1ccc(F)c(Br)c1. The molecule has 1 unspecified atom stereocenters. The predicted octanol–water partition coefficient (Wildman–Crippen LogP) is 1.97. The minimum Gasteiger partial charge on any atom is -0.388 e. The lowest BCUT2D eigenvalue weighted by Gasteiger charge is -2.09. The smallest absolute Gasteiger partial charge is 0.137 e. The van der Waals surface area contributed by atoms with Crippen molar-refractivity contribution in [3.63, 3.8) is 0 Å². The van der Waals surface area contributed by atoms with Gasteiger partial charge in [-0.25, -0.2) is 4.39 Å². The monoisotopic (exact) mass is 247 g/mol. The molecule has 72 valence electrons. The minimum atomic E-state index is -0.609. The van der Waals surface area contributed by atoms with Crippen LogP contribution in [0.3, 0.4) is 0 Å². The number of hydrogen-bond donors (Lipinski definition) is 2. The average Bonchev–Trinajstić information content (AvgIpc) is 2.10. The van der Waals surface area contributed by atoms with Crippen molar-refractivity contribution in [2.24, 2.45) is 5.73 Å². The second kappa shape index (κ2) is 4.69. The van der Waals surface area contributed by atoms with Gasteiger partial charge in [0.25, 0.3) is 0 Å². The van der Waals surface area contributed by atoms with Crippen molar-refractivity contribution in [3.05, 3.63) is 34.1 Å². The van der Waals surface area contributed by atoms with Crippen molar-refractivity contribution in [2.75, 3.05) is 6.54 Å². The van der Waals surface area contributed by atoms with E-state index in [0.717, 1.165) is 0 Å². The first-order valence-electron chi connectivity index (χ1n) is 3.98. The molecule has 0 spiro atoms. The second-order valence-electron chi connectivity index (χ2n) is 2.77. The van der Waals surface area contributed by atoms with Crippen molar-refractivity contribution in [3.8, 4) is 0 Å². The van der Waals surface area contributed by atoms with Crippen molar-refractivity contribution < 1.29 is 9.50 Å². The Hall–Kier alpha value is -0.450. The third-order valence-electron chi connectivity index (χ3n) is 1.77. The molecule has 0 saturated carbocycles. The topological polar surface area (TPSA) is 46.2 Å². The number of aliphatic hydroxyl groups is 1. The van der Waals surface area contributed by atoms with Crippen molar-refractivity contribution in [1.82, 2.24) is 0 Å². The van der Waals surface area contributed by atoms with Crippen LogP contribution in [-0.4, -0.2) is 11.7 Å².